The molecule has 0 amide bonds. The van der Waals surface area contributed by atoms with E-state index in [9.17, 15) is 21.6 Å². The van der Waals surface area contributed by atoms with E-state index in [-0.39, 0.29) is 4.90 Å². The van der Waals surface area contributed by atoms with Gasteiger partial charge in [0.25, 0.3) is 0 Å². The fourth-order valence-electron chi connectivity index (χ4n) is 1.62. The predicted molar refractivity (Wildman–Crippen MR) is 93.3 cm³/mol. The van der Waals surface area contributed by atoms with Gasteiger partial charge in [-0.3, -0.25) is 4.78 Å². The lowest BCUT2D eigenvalue weighted by molar-refractivity contribution is -0.0411. The summed E-state index contributed by atoms with van der Waals surface area (Å²) in [5.74, 6) is 0. The van der Waals surface area contributed by atoms with Crippen molar-refractivity contribution in [3.8, 4) is 0 Å². The van der Waals surface area contributed by atoms with Crippen LogP contribution in [0.15, 0.2) is 35.7 Å². The number of benzene rings is 1. The third-order valence-corrected chi connectivity index (χ3v) is 7.34. The van der Waals surface area contributed by atoms with Crippen molar-refractivity contribution in [1.82, 2.24) is 4.90 Å². The summed E-state index contributed by atoms with van der Waals surface area (Å²) in [7, 11) is -8.14. The molecule has 0 bridgehead atoms. The molecule has 0 aliphatic carbocycles. The standard InChI is InChI=1S/C9H8F3NO2S2.C6H15N/c1-2-7-3-5-8(6-4-7)16(13)17(14,15)9(10,11)12;1-4-7(5-2)6-3/h2-6,13H,1H2;4-6H2,1-3H3. The van der Waals surface area contributed by atoms with Crippen molar-refractivity contribution in [1.29, 1.82) is 4.78 Å². The van der Waals surface area contributed by atoms with Gasteiger partial charge in [-0.15, -0.1) is 0 Å². The summed E-state index contributed by atoms with van der Waals surface area (Å²) in [6, 6.07) is 5.17. The van der Waals surface area contributed by atoms with Crippen LogP contribution in [0, 0.1) is 4.78 Å². The Kier molecular flexibility index (Phi) is 9.46. The third kappa shape index (κ3) is 6.37. The van der Waals surface area contributed by atoms with Crippen molar-refractivity contribution in [2.24, 2.45) is 0 Å². The van der Waals surface area contributed by atoms with Crippen LogP contribution in [-0.2, 0) is 18.6 Å². The maximum atomic E-state index is 12.2. The van der Waals surface area contributed by atoms with Crippen LogP contribution in [0.2, 0.25) is 0 Å². The zero-order chi connectivity index (χ0) is 19.0. The topological polar surface area (TPSA) is 61.2 Å². The summed E-state index contributed by atoms with van der Waals surface area (Å²) in [4.78, 5) is 2.17. The first-order chi connectivity index (χ1) is 11.0. The Hall–Kier alpha value is -1.19. The lowest BCUT2D eigenvalue weighted by atomic mass is 10.2. The fraction of sp³-hybridized carbons (Fsp3) is 0.467. The third-order valence-electron chi connectivity index (χ3n) is 3.17. The molecule has 0 aliphatic rings. The number of hydrogen-bond acceptors (Lipinski definition) is 4. The second kappa shape index (κ2) is 9.95. The molecule has 138 valence electrons. The van der Waals surface area contributed by atoms with Gasteiger partial charge in [0.15, 0.2) is 0 Å². The molecule has 0 saturated heterocycles. The van der Waals surface area contributed by atoms with Crippen LogP contribution in [0.4, 0.5) is 13.2 Å². The molecule has 0 aromatic heterocycles. The second-order valence-corrected chi connectivity index (χ2v) is 9.26. The number of hydrogen-bond donors (Lipinski definition) is 1. The minimum absolute atomic E-state index is 0.201. The molecule has 1 aromatic carbocycles. The Balaban J connectivity index is 0.000000640. The Labute approximate surface area is 143 Å². The summed E-state index contributed by atoms with van der Waals surface area (Å²) in [6.45, 7) is 13.6. The van der Waals surface area contributed by atoms with Crippen LogP contribution < -0.4 is 0 Å². The van der Waals surface area contributed by atoms with Crippen molar-refractivity contribution in [2.75, 3.05) is 19.6 Å². The maximum absolute atomic E-state index is 12.2. The molecule has 0 spiro atoms. The van der Waals surface area contributed by atoms with Crippen molar-refractivity contribution in [3.63, 3.8) is 0 Å². The molecular formula is C15H23F3N2O2S2. The Morgan fingerprint density at radius 2 is 1.54 bits per heavy atom. The molecule has 4 nitrogen and oxygen atoms in total. The first-order valence-corrected chi connectivity index (χ1v) is 10.5. The molecule has 1 aromatic rings. The molecule has 0 heterocycles. The number of nitrogens with one attached hydrogen (secondary N) is 1. The number of halogens is 3. The average molecular weight is 384 g/mol. The zero-order valence-corrected chi connectivity index (χ0v) is 15.6. The van der Waals surface area contributed by atoms with E-state index < -0.39 is 24.1 Å². The molecule has 1 rings (SSSR count). The number of nitrogens with zero attached hydrogens (tertiary/aromatic N) is 1. The predicted octanol–water partition coefficient (Wildman–Crippen LogP) is 4.27. The molecule has 1 N–H and O–H groups in total. The quantitative estimate of drug-likeness (QED) is 0.745. The van der Waals surface area contributed by atoms with Gasteiger partial charge in [-0.05, 0) is 37.3 Å². The van der Waals surface area contributed by atoms with E-state index in [1.807, 2.05) is 0 Å². The lowest BCUT2D eigenvalue weighted by Gasteiger charge is -2.13. The monoisotopic (exact) mass is 384 g/mol. The molecular weight excluding hydrogens is 361 g/mol. The normalized spacial score (nSPS) is 13.1. The summed E-state index contributed by atoms with van der Waals surface area (Å²) in [6.07, 6.45) is 1.46. The van der Waals surface area contributed by atoms with Gasteiger partial charge >= 0.3 is 14.4 Å². The smallest absolute Gasteiger partial charge is 0.304 e. The highest BCUT2D eigenvalue weighted by atomic mass is 33.2. The van der Waals surface area contributed by atoms with Gasteiger partial charge < -0.3 is 4.90 Å². The molecule has 1 atom stereocenters. The summed E-state index contributed by atoms with van der Waals surface area (Å²) >= 11 is 0. The van der Waals surface area contributed by atoms with Crippen molar-refractivity contribution in [2.45, 2.75) is 31.2 Å². The van der Waals surface area contributed by atoms with Gasteiger partial charge in [0.1, 0.15) is 0 Å². The number of alkyl halides is 3. The van der Waals surface area contributed by atoms with E-state index in [1.165, 1.54) is 50.0 Å². The van der Waals surface area contributed by atoms with Crippen LogP contribution in [0.1, 0.15) is 26.3 Å². The summed E-state index contributed by atoms with van der Waals surface area (Å²) in [5, 5.41) is 0. The Bertz CT molecular complexity index is 632. The van der Waals surface area contributed by atoms with Crippen molar-refractivity contribution in [3.05, 3.63) is 36.4 Å². The van der Waals surface area contributed by atoms with Crippen LogP contribution in [-0.4, -0.2) is 38.5 Å². The minimum atomic E-state index is -5.48. The molecule has 0 aliphatic heterocycles. The summed E-state index contributed by atoms with van der Waals surface area (Å²) in [5.41, 5.74) is -4.77. The van der Waals surface area contributed by atoms with Crippen molar-refractivity contribution >= 4 is 24.7 Å². The first kappa shape index (κ1) is 22.8. The van der Waals surface area contributed by atoms with Gasteiger partial charge in [-0.1, -0.05) is 45.6 Å². The highest BCUT2D eigenvalue weighted by molar-refractivity contribution is 8.64. The van der Waals surface area contributed by atoms with E-state index >= 15 is 0 Å². The van der Waals surface area contributed by atoms with Crippen LogP contribution in [0.3, 0.4) is 0 Å². The first-order valence-electron chi connectivity index (χ1n) is 7.27. The number of rotatable bonds is 6. The van der Waals surface area contributed by atoms with E-state index in [4.69, 9.17) is 4.78 Å². The maximum Gasteiger partial charge on any atom is 0.508 e. The fourth-order valence-corrected chi connectivity index (χ4v) is 4.11. The highest BCUT2D eigenvalue weighted by Crippen LogP contribution is 2.30. The zero-order valence-electron chi connectivity index (χ0n) is 13.9. The van der Waals surface area contributed by atoms with E-state index in [0.29, 0.717) is 5.56 Å². The van der Waals surface area contributed by atoms with Gasteiger partial charge in [0, 0.05) is 4.90 Å². The molecule has 24 heavy (non-hydrogen) atoms. The summed E-state index contributed by atoms with van der Waals surface area (Å²) < 4.78 is 65.8. The molecule has 0 fully saturated rings. The van der Waals surface area contributed by atoms with Gasteiger partial charge in [0.05, 0.1) is 9.72 Å². The van der Waals surface area contributed by atoms with E-state index in [1.54, 1.807) is 0 Å². The molecule has 0 saturated carbocycles. The highest BCUT2D eigenvalue weighted by Gasteiger charge is 2.48. The van der Waals surface area contributed by atoms with Gasteiger partial charge in [-0.2, -0.15) is 13.2 Å². The molecule has 9 heteroatoms. The van der Waals surface area contributed by atoms with E-state index in [0.717, 1.165) is 0 Å². The lowest BCUT2D eigenvalue weighted by Crippen LogP contribution is -2.26. The van der Waals surface area contributed by atoms with Crippen LogP contribution >= 0.6 is 0 Å². The minimum Gasteiger partial charge on any atom is -0.304 e. The average Bonchev–Trinajstić information content (AvgIpc) is 2.55. The SMILES string of the molecule is C=Cc1ccc(S(=N)S(=O)(=O)C(F)(F)F)cc1.CCN(CC)CC. The van der Waals surface area contributed by atoms with E-state index in [2.05, 4.69) is 32.3 Å². The Morgan fingerprint density at radius 3 is 1.79 bits per heavy atom. The molecule has 1 unspecified atom stereocenters. The van der Waals surface area contributed by atoms with Gasteiger partial charge in [0.2, 0.25) is 0 Å². The molecule has 0 radical (unpaired) electrons. The largest absolute Gasteiger partial charge is 0.508 e. The Morgan fingerprint density at radius 1 is 1.12 bits per heavy atom. The van der Waals surface area contributed by atoms with Crippen LogP contribution in [0.5, 0.6) is 0 Å². The van der Waals surface area contributed by atoms with Crippen LogP contribution in [0.25, 0.3) is 6.08 Å². The van der Waals surface area contributed by atoms with Gasteiger partial charge in [-0.25, -0.2) is 8.42 Å². The second-order valence-electron chi connectivity index (χ2n) is 4.56. The van der Waals surface area contributed by atoms with Crippen molar-refractivity contribution < 1.29 is 21.6 Å².